The number of ether oxygens (including phenoxy) is 2. The first-order valence-corrected chi connectivity index (χ1v) is 13.9. The van der Waals surface area contributed by atoms with Crippen LogP contribution in [-0.4, -0.2) is 75.1 Å². The predicted octanol–water partition coefficient (Wildman–Crippen LogP) is 4.26. The Morgan fingerprint density at radius 3 is 2.79 bits per heavy atom. The maximum atomic E-state index is 15.2. The Morgan fingerprint density at radius 1 is 1.26 bits per heavy atom. The molecular weight excluding hydrogens is 541 g/mol. The van der Waals surface area contributed by atoms with Crippen molar-refractivity contribution in [2.24, 2.45) is 11.7 Å². The Bertz CT molecular complexity index is 1540. The highest BCUT2D eigenvalue weighted by atomic mass is 19.1. The molecule has 1 saturated carbocycles. The molecular formula is C30H36FN7O4. The first kappa shape index (κ1) is 29.2. The van der Waals surface area contributed by atoms with Crippen LogP contribution in [0.3, 0.4) is 0 Å². The SMILES string of the molecule is COC(=O)N(C)C1C(C)CC(c2ccncc2Nc2ncc3ccc(-c4c(C)cc(OCCO)cc4F)nn23)CC1N. The van der Waals surface area contributed by atoms with Crippen LogP contribution < -0.4 is 15.8 Å². The zero-order valence-electron chi connectivity index (χ0n) is 24.1. The number of nitrogens with two attached hydrogens (primary N) is 1. The fourth-order valence-corrected chi connectivity index (χ4v) is 6.13. The minimum Gasteiger partial charge on any atom is -0.491 e. The van der Waals surface area contributed by atoms with Gasteiger partial charge in [-0.25, -0.2) is 14.2 Å². The normalized spacial score (nSPS) is 20.4. The number of benzene rings is 1. The largest absolute Gasteiger partial charge is 0.491 e. The molecule has 1 aromatic carbocycles. The van der Waals surface area contributed by atoms with E-state index in [1.165, 1.54) is 13.2 Å². The van der Waals surface area contributed by atoms with Crippen LogP contribution >= 0.6 is 0 Å². The van der Waals surface area contributed by atoms with Gasteiger partial charge in [-0.3, -0.25) is 4.98 Å². The van der Waals surface area contributed by atoms with E-state index in [4.69, 9.17) is 25.4 Å². The van der Waals surface area contributed by atoms with Crippen molar-refractivity contribution in [3.8, 4) is 17.0 Å². The Hall–Kier alpha value is -4.29. The van der Waals surface area contributed by atoms with E-state index in [2.05, 4.69) is 22.2 Å². The predicted molar refractivity (Wildman–Crippen MR) is 156 cm³/mol. The van der Waals surface area contributed by atoms with Gasteiger partial charge in [-0.15, -0.1) is 0 Å². The third-order valence-corrected chi connectivity index (χ3v) is 7.95. The lowest BCUT2D eigenvalue weighted by molar-refractivity contribution is 0.0778. The molecule has 1 aliphatic rings. The summed E-state index contributed by atoms with van der Waals surface area (Å²) in [4.78, 5) is 22.6. The van der Waals surface area contributed by atoms with Crippen molar-refractivity contribution < 1.29 is 23.8 Å². The third-order valence-electron chi connectivity index (χ3n) is 7.95. The van der Waals surface area contributed by atoms with Gasteiger partial charge < -0.3 is 30.5 Å². The number of hydrogen-bond donors (Lipinski definition) is 3. The maximum Gasteiger partial charge on any atom is 0.409 e. The molecule has 3 aromatic heterocycles. The van der Waals surface area contributed by atoms with Gasteiger partial charge in [0.1, 0.15) is 18.2 Å². The smallest absolute Gasteiger partial charge is 0.409 e. The summed E-state index contributed by atoms with van der Waals surface area (Å²) in [6.07, 6.45) is 6.29. The summed E-state index contributed by atoms with van der Waals surface area (Å²) in [7, 11) is 3.10. The van der Waals surface area contributed by atoms with Crippen molar-refractivity contribution in [3.63, 3.8) is 0 Å². The monoisotopic (exact) mass is 577 g/mol. The molecule has 0 saturated heterocycles. The Morgan fingerprint density at radius 2 is 2.07 bits per heavy atom. The van der Waals surface area contributed by atoms with Crippen LogP contribution in [-0.2, 0) is 4.74 Å². The molecule has 11 nitrogen and oxygen atoms in total. The van der Waals surface area contributed by atoms with E-state index < -0.39 is 11.9 Å². The molecule has 4 unspecified atom stereocenters. The lowest BCUT2D eigenvalue weighted by Crippen LogP contribution is -2.55. The molecule has 12 heteroatoms. The first-order chi connectivity index (χ1) is 20.2. The molecule has 4 aromatic rings. The lowest BCUT2D eigenvalue weighted by Gasteiger charge is -2.43. The summed E-state index contributed by atoms with van der Waals surface area (Å²) in [5, 5.41) is 17.1. The molecule has 42 heavy (non-hydrogen) atoms. The number of amides is 1. The number of carbonyl (C=O) groups is 1. The summed E-state index contributed by atoms with van der Waals surface area (Å²) in [5.74, 6) is 0.592. The second-order valence-corrected chi connectivity index (χ2v) is 10.8. The zero-order chi connectivity index (χ0) is 30.0. The van der Waals surface area contributed by atoms with Crippen LogP contribution in [0.2, 0.25) is 0 Å². The maximum absolute atomic E-state index is 15.2. The second-order valence-electron chi connectivity index (χ2n) is 10.8. The van der Waals surface area contributed by atoms with Gasteiger partial charge in [-0.2, -0.15) is 9.61 Å². The average molecular weight is 578 g/mol. The Labute approximate surface area is 243 Å². The van der Waals surface area contributed by atoms with Gasteiger partial charge in [0.2, 0.25) is 5.95 Å². The number of aliphatic hydroxyl groups excluding tert-OH is 1. The number of nitrogens with zero attached hydrogens (tertiary/aromatic N) is 5. The number of likely N-dealkylation sites (N-methyl/N-ethyl adjacent to an activating group) is 1. The van der Waals surface area contributed by atoms with Crippen molar-refractivity contribution in [1.29, 1.82) is 0 Å². The number of aryl methyl sites for hydroxylation is 1. The summed E-state index contributed by atoms with van der Waals surface area (Å²) >= 11 is 0. The minimum atomic E-state index is -0.474. The molecule has 0 bridgehead atoms. The molecule has 1 aliphatic carbocycles. The van der Waals surface area contributed by atoms with E-state index in [0.717, 1.165) is 23.2 Å². The number of hydrogen-bond acceptors (Lipinski definition) is 9. The van der Waals surface area contributed by atoms with Crippen LogP contribution in [0.4, 0.5) is 20.8 Å². The number of rotatable bonds is 8. The third kappa shape index (κ3) is 5.72. The highest BCUT2D eigenvalue weighted by Crippen LogP contribution is 2.40. The number of nitrogens with one attached hydrogen (secondary N) is 1. The van der Waals surface area contributed by atoms with Gasteiger partial charge in [-0.05, 0) is 67.0 Å². The second kappa shape index (κ2) is 12.3. The molecule has 5 rings (SSSR count). The number of aliphatic hydroxyl groups is 1. The van der Waals surface area contributed by atoms with Crippen molar-refractivity contribution >= 4 is 23.2 Å². The number of fused-ring (bicyclic) bond motifs is 1. The van der Waals surface area contributed by atoms with Crippen LogP contribution in [0.15, 0.2) is 48.9 Å². The van der Waals surface area contributed by atoms with E-state index in [1.807, 2.05) is 12.1 Å². The standard InChI is InChI=1S/C30H36FN7O4/c1-17-12-21(42-10-9-39)14-23(31)27(17)25-6-5-20-15-34-29(38(20)36-25)35-26-16-33-8-7-22(26)19-11-18(2)28(24(32)13-19)37(3)30(40)41-4/h5-8,12,14-16,18-19,24,28,39H,9-11,13,32H2,1-4H3,(H,34,35). The van der Waals surface area contributed by atoms with Crippen LogP contribution in [0.25, 0.3) is 16.8 Å². The molecule has 3 heterocycles. The van der Waals surface area contributed by atoms with Crippen LogP contribution in [0.1, 0.15) is 36.8 Å². The topological polar surface area (TPSA) is 140 Å². The molecule has 1 amide bonds. The van der Waals surface area contributed by atoms with Gasteiger partial charge >= 0.3 is 6.09 Å². The number of anilines is 2. The Kier molecular flexibility index (Phi) is 8.55. The van der Waals surface area contributed by atoms with Crippen molar-refractivity contribution in [1.82, 2.24) is 24.5 Å². The average Bonchev–Trinajstić information content (AvgIpc) is 3.37. The Balaban J connectivity index is 1.42. The van der Waals surface area contributed by atoms with E-state index in [9.17, 15) is 4.79 Å². The van der Waals surface area contributed by atoms with Gasteiger partial charge in [0.15, 0.2) is 0 Å². The van der Waals surface area contributed by atoms with E-state index >= 15 is 4.39 Å². The van der Waals surface area contributed by atoms with Crippen LogP contribution in [0, 0.1) is 18.7 Å². The van der Waals surface area contributed by atoms with Gasteiger partial charge in [0.25, 0.3) is 0 Å². The molecule has 4 atom stereocenters. The van der Waals surface area contributed by atoms with Gasteiger partial charge in [0, 0.05) is 30.9 Å². The number of pyridine rings is 1. The fraction of sp³-hybridized carbons (Fsp3) is 0.400. The summed E-state index contributed by atoms with van der Waals surface area (Å²) in [6, 6.07) is 8.21. The molecule has 0 spiro atoms. The van der Waals surface area contributed by atoms with E-state index in [1.54, 1.807) is 54.1 Å². The van der Waals surface area contributed by atoms with E-state index in [-0.39, 0.29) is 37.1 Å². The minimum absolute atomic E-state index is 0.0830. The summed E-state index contributed by atoms with van der Waals surface area (Å²) < 4.78 is 27.1. The van der Waals surface area contributed by atoms with Crippen LogP contribution in [0.5, 0.6) is 5.75 Å². The molecule has 0 radical (unpaired) electrons. The number of methoxy groups -OCH3 is 1. The lowest BCUT2D eigenvalue weighted by atomic mass is 9.73. The number of halogens is 1. The quantitative estimate of drug-likeness (QED) is 0.280. The summed E-state index contributed by atoms with van der Waals surface area (Å²) in [5.41, 5.74) is 10.6. The first-order valence-electron chi connectivity index (χ1n) is 13.9. The van der Waals surface area contributed by atoms with Gasteiger partial charge in [-0.1, -0.05) is 6.92 Å². The van der Waals surface area contributed by atoms with Gasteiger partial charge in [0.05, 0.1) is 49.1 Å². The summed E-state index contributed by atoms with van der Waals surface area (Å²) in [6.45, 7) is 3.81. The molecule has 0 aliphatic heterocycles. The van der Waals surface area contributed by atoms with Crippen molar-refractivity contribution in [2.45, 2.75) is 44.7 Å². The number of aromatic nitrogens is 4. The molecule has 222 valence electrons. The fourth-order valence-electron chi connectivity index (χ4n) is 6.13. The molecule has 4 N–H and O–H groups in total. The van der Waals surface area contributed by atoms with Crippen molar-refractivity contribution in [3.05, 3.63) is 65.9 Å². The highest BCUT2D eigenvalue weighted by Gasteiger charge is 2.39. The highest BCUT2D eigenvalue weighted by molar-refractivity contribution is 5.69. The number of carbonyl (C=O) groups excluding carboxylic acids is 1. The molecule has 1 fully saturated rings. The van der Waals surface area contributed by atoms with Crippen molar-refractivity contribution in [2.75, 3.05) is 32.7 Å². The number of imidazole rings is 1. The van der Waals surface area contributed by atoms with E-state index in [0.29, 0.717) is 34.9 Å². The zero-order valence-corrected chi connectivity index (χ0v) is 24.1.